The van der Waals surface area contributed by atoms with Gasteiger partial charge in [-0.25, -0.2) is 0 Å². The Morgan fingerprint density at radius 1 is 0.900 bits per heavy atom. The molecule has 0 saturated heterocycles. The fourth-order valence-electron chi connectivity index (χ4n) is 0.834. The van der Waals surface area contributed by atoms with Crippen molar-refractivity contribution in [3.8, 4) is 0 Å². The number of nitrogens with zero attached hydrogens (tertiary/aromatic N) is 3. The molecule has 0 N–H and O–H groups in total. The molecule has 2 aromatic heterocycles. The summed E-state index contributed by atoms with van der Waals surface area (Å²) in [5, 5.41) is 9.56. The van der Waals surface area contributed by atoms with E-state index in [0.717, 1.165) is 10.8 Å². The lowest BCUT2D eigenvalue weighted by Crippen LogP contribution is -1.79. The van der Waals surface area contributed by atoms with Gasteiger partial charge in [0.1, 0.15) is 0 Å². The Kier molecular flexibility index (Phi) is 1.07. The fourth-order valence-corrected chi connectivity index (χ4v) is 0.834. The molecular weight excluding hydrogens is 126 g/mol. The van der Waals surface area contributed by atoms with Crippen LogP contribution in [0.2, 0.25) is 0 Å². The average Bonchev–Trinajstić information content (AvgIpc) is 2.05. The van der Waals surface area contributed by atoms with Crippen LogP contribution in [0.15, 0.2) is 30.9 Å². The number of pyridine rings is 1. The molecule has 48 valence electrons. The van der Waals surface area contributed by atoms with Gasteiger partial charge in [-0.05, 0) is 6.07 Å². The fraction of sp³-hybridized carbons (Fsp3) is 0. The molecule has 2 rings (SSSR count). The van der Waals surface area contributed by atoms with E-state index in [1.807, 2.05) is 6.07 Å². The van der Waals surface area contributed by atoms with Gasteiger partial charge in [0.15, 0.2) is 0 Å². The maximum atomic E-state index is 3.95. The summed E-state index contributed by atoms with van der Waals surface area (Å²) in [5.74, 6) is 0. The van der Waals surface area contributed by atoms with E-state index < -0.39 is 0 Å². The quantitative estimate of drug-likeness (QED) is 0.536. The monoisotopic (exact) mass is 131 g/mol. The van der Waals surface area contributed by atoms with Crippen molar-refractivity contribution in [1.29, 1.82) is 0 Å². The number of fused-ring (bicyclic) bond motifs is 1. The molecule has 0 spiro atoms. The smallest absolute Gasteiger partial charge is 0.0590 e. The van der Waals surface area contributed by atoms with Crippen LogP contribution < -0.4 is 0 Å². The predicted molar refractivity (Wildman–Crippen MR) is 37.3 cm³/mol. The molecule has 10 heavy (non-hydrogen) atoms. The van der Waals surface area contributed by atoms with Crippen molar-refractivity contribution < 1.29 is 0 Å². The third kappa shape index (κ3) is 0.719. The Labute approximate surface area is 57.7 Å². The van der Waals surface area contributed by atoms with Crippen molar-refractivity contribution in [2.75, 3.05) is 0 Å². The van der Waals surface area contributed by atoms with E-state index in [-0.39, 0.29) is 0 Å². The molecule has 0 radical (unpaired) electrons. The van der Waals surface area contributed by atoms with E-state index in [1.165, 1.54) is 0 Å². The van der Waals surface area contributed by atoms with Gasteiger partial charge >= 0.3 is 0 Å². The van der Waals surface area contributed by atoms with Crippen LogP contribution in [-0.2, 0) is 0 Å². The largest absolute Gasteiger partial charge is 0.264 e. The van der Waals surface area contributed by atoms with Gasteiger partial charge in [-0.15, -0.1) is 0 Å². The molecule has 3 nitrogen and oxygen atoms in total. The molecule has 2 heterocycles. The summed E-state index contributed by atoms with van der Waals surface area (Å²) in [4.78, 5) is 3.95. The van der Waals surface area contributed by atoms with E-state index >= 15 is 0 Å². The van der Waals surface area contributed by atoms with E-state index in [4.69, 9.17) is 0 Å². The molecular formula is C7H5N3. The topological polar surface area (TPSA) is 38.7 Å². The molecule has 0 aliphatic rings. The summed E-state index contributed by atoms with van der Waals surface area (Å²) in [6, 6.07) is 1.91. The van der Waals surface area contributed by atoms with Crippen molar-refractivity contribution in [3.63, 3.8) is 0 Å². The second kappa shape index (κ2) is 2.02. The number of hydrogen-bond acceptors (Lipinski definition) is 3. The summed E-state index contributed by atoms with van der Waals surface area (Å²) < 4.78 is 0. The third-order valence-electron chi connectivity index (χ3n) is 1.35. The maximum absolute atomic E-state index is 3.95. The second-order valence-electron chi connectivity index (χ2n) is 1.99. The number of rotatable bonds is 0. The summed E-state index contributed by atoms with van der Waals surface area (Å²) >= 11 is 0. The average molecular weight is 131 g/mol. The molecule has 0 unspecified atom stereocenters. The molecule has 0 saturated carbocycles. The Morgan fingerprint density at radius 3 is 2.50 bits per heavy atom. The standard InChI is InChI=1S/C7H5N3/c1-2-8-3-7-5-10-9-4-6(1)7/h1-5H. The van der Waals surface area contributed by atoms with Crippen molar-refractivity contribution in [2.24, 2.45) is 0 Å². The Bertz CT molecular complexity index is 280. The maximum Gasteiger partial charge on any atom is 0.0590 e. The van der Waals surface area contributed by atoms with Gasteiger partial charge in [0, 0.05) is 23.2 Å². The molecule has 0 aliphatic carbocycles. The first-order valence-electron chi connectivity index (χ1n) is 2.97. The molecule has 0 aromatic carbocycles. The van der Waals surface area contributed by atoms with E-state index in [9.17, 15) is 0 Å². The van der Waals surface area contributed by atoms with Crippen molar-refractivity contribution >= 4 is 10.8 Å². The molecule has 0 amide bonds. The molecule has 0 bridgehead atoms. The van der Waals surface area contributed by atoms with Crippen LogP contribution in [0.1, 0.15) is 0 Å². The highest BCUT2D eigenvalue weighted by Crippen LogP contribution is 2.06. The molecule has 0 aliphatic heterocycles. The van der Waals surface area contributed by atoms with Crippen LogP contribution in [-0.4, -0.2) is 15.2 Å². The van der Waals surface area contributed by atoms with Gasteiger partial charge in [0.05, 0.1) is 12.4 Å². The van der Waals surface area contributed by atoms with Crippen LogP contribution in [0.25, 0.3) is 10.8 Å². The van der Waals surface area contributed by atoms with Gasteiger partial charge in [0.25, 0.3) is 0 Å². The highest BCUT2D eigenvalue weighted by molar-refractivity contribution is 5.79. The SMILES string of the molecule is c1cc2cnncc2cn1. The zero-order chi connectivity index (χ0) is 6.81. The van der Waals surface area contributed by atoms with Crippen LogP contribution in [0.4, 0.5) is 0 Å². The summed E-state index contributed by atoms with van der Waals surface area (Å²) in [5.41, 5.74) is 0. The van der Waals surface area contributed by atoms with Gasteiger partial charge in [-0.2, -0.15) is 10.2 Å². The lowest BCUT2D eigenvalue weighted by Gasteiger charge is -1.90. The minimum Gasteiger partial charge on any atom is -0.264 e. The predicted octanol–water partition coefficient (Wildman–Crippen LogP) is 1.02. The van der Waals surface area contributed by atoms with Crippen LogP contribution in [0.5, 0.6) is 0 Å². The molecule has 3 heteroatoms. The highest BCUT2D eigenvalue weighted by atomic mass is 15.1. The summed E-state index contributed by atoms with van der Waals surface area (Å²) in [7, 11) is 0. The lowest BCUT2D eigenvalue weighted by atomic mass is 10.3. The molecule has 0 fully saturated rings. The third-order valence-corrected chi connectivity index (χ3v) is 1.35. The Morgan fingerprint density at radius 2 is 1.70 bits per heavy atom. The minimum atomic E-state index is 1.03. The number of aromatic nitrogens is 3. The van der Waals surface area contributed by atoms with Crippen LogP contribution >= 0.6 is 0 Å². The summed E-state index contributed by atoms with van der Waals surface area (Å²) in [6.07, 6.45) is 6.92. The van der Waals surface area contributed by atoms with Crippen LogP contribution in [0.3, 0.4) is 0 Å². The Hall–Kier alpha value is -1.51. The van der Waals surface area contributed by atoms with Gasteiger partial charge in [0.2, 0.25) is 0 Å². The van der Waals surface area contributed by atoms with E-state index in [0.29, 0.717) is 0 Å². The first kappa shape index (κ1) is 5.29. The molecule has 2 aromatic rings. The van der Waals surface area contributed by atoms with Crippen molar-refractivity contribution in [1.82, 2.24) is 15.2 Å². The van der Waals surface area contributed by atoms with E-state index in [1.54, 1.807) is 24.8 Å². The van der Waals surface area contributed by atoms with Gasteiger partial charge < -0.3 is 0 Å². The zero-order valence-corrected chi connectivity index (χ0v) is 5.23. The van der Waals surface area contributed by atoms with Gasteiger partial charge in [-0.1, -0.05) is 0 Å². The second-order valence-corrected chi connectivity index (χ2v) is 1.99. The van der Waals surface area contributed by atoms with Crippen LogP contribution in [0, 0.1) is 0 Å². The minimum absolute atomic E-state index is 1.03. The van der Waals surface area contributed by atoms with Crippen molar-refractivity contribution in [3.05, 3.63) is 30.9 Å². The van der Waals surface area contributed by atoms with Crippen molar-refractivity contribution in [2.45, 2.75) is 0 Å². The van der Waals surface area contributed by atoms with Gasteiger partial charge in [-0.3, -0.25) is 4.98 Å². The number of hydrogen-bond donors (Lipinski definition) is 0. The van der Waals surface area contributed by atoms with E-state index in [2.05, 4.69) is 15.2 Å². The highest BCUT2D eigenvalue weighted by Gasteiger charge is 1.88. The zero-order valence-electron chi connectivity index (χ0n) is 5.23. The Balaban J connectivity index is 2.89. The normalized spacial score (nSPS) is 10.0. The first-order valence-corrected chi connectivity index (χ1v) is 2.97. The first-order chi connectivity index (χ1) is 4.97. The lowest BCUT2D eigenvalue weighted by molar-refractivity contribution is 1.05. The summed E-state index contributed by atoms with van der Waals surface area (Å²) in [6.45, 7) is 0. The molecule has 0 atom stereocenters.